The molecule has 106 valence electrons. The second-order valence-electron chi connectivity index (χ2n) is 4.84. The molecule has 0 saturated carbocycles. The molecule has 1 aromatic carbocycles. The maximum absolute atomic E-state index is 4.64. The number of hydrogen-bond acceptors (Lipinski definition) is 3. The van der Waals surface area contributed by atoms with E-state index in [1.807, 2.05) is 42.6 Å². The molecule has 3 rings (SSSR count). The van der Waals surface area contributed by atoms with Crippen LogP contribution >= 0.6 is 0 Å². The summed E-state index contributed by atoms with van der Waals surface area (Å²) < 4.78 is 0. The minimum atomic E-state index is 0.881. The topological polar surface area (TPSA) is 53.6 Å². The number of imidazole rings is 1. The van der Waals surface area contributed by atoms with E-state index in [1.165, 1.54) is 0 Å². The lowest BCUT2D eigenvalue weighted by Crippen LogP contribution is -2.05. The van der Waals surface area contributed by atoms with E-state index in [4.69, 9.17) is 0 Å². The summed E-state index contributed by atoms with van der Waals surface area (Å²) in [5.74, 6) is 1.94. The van der Waals surface area contributed by atoms with Crippen LogP contribution in [0.1, 0.15) is 12.2 Å². The quantitative estimate of drug-likeness (QED) is 0.678. The van der Waals surface area contributed by atoms with Crippen LogP contribution in [-0.4, -0.2) is 21.5 Å². The van der Waals surface area contributed by atoms with Crippen molar-refractivity contribution in [1.82, 2.24) is 15.0 Å². The summed E-state index contributed by atoms with van der Waals surface area (Å²) in [5, 5.41) is 3.36. The molecule has 0 saturated heterocycles. The molecule has 0 spiro atoms. The van der Waals surface area contributed by atoms with Crippen molar-refractivity contribution in [1.29, 1.82) is 0 Å². The predicted molar refractivity (Wildman–Crippen MR) is 85.1 cm³/mol. The van der Waals surface area contributed by atoms with E-state index in [-0.39, 0.29) is 0 Å². The molecule has 0 unspecified atom stereocenters. The van der Waals surface area contributed by atoms with Crippen molar-refractivity contribution in [3.05, 3.63) is 66.7 Å². The monoisotopic (exact) mass is 278 g/mol. The van der Waals surface area contributed by atoms with E-state index in [0.29, 0.717) is 0 Å². The Balaban J connectivity index is 1.56. The van der Waals surface area contributed by atoms with Gasteiger partial charge < -0.3 is 10.3 Å². The molecule has 0 aliphatic carbocycles. The fourth-order valence-corrected chi connectivity index (χ4v) is 2.21. The lowest BCUT2D eigenvalue weighted by molar-refractivity contribution is 0.814. The Morgan fingerprint density at radius 3 is 2.71 bits per heavy atom. The van der Waals surface area contributed by atoms with E-state index in [1.54, 1.807) is 6.20 Å². The van der Waals surface area contributed by atoms with Crippen LogP contribution in [0.25, 0.3) is 11.3 Å². The molecular weight excluding hydrogens is 260 g/mol. The van der Waals surface area contributed by atoms with E-state index < -0.39 is 0 Å². The molecule has 0 aliphatic heterocycles. The van der Waals surface area contributed by atoms with Gasteiger partial charge in [-0.25, -0.2) is 9.97 Å². The highest BCUT2D eigenvalue weighted by Gasteiger charge is 2.00. The normalized spacial score (nSPS) is 10.5. The van der Waals surface area contributed by atoms with Gasteiger partial charge in [0.1, 0.15) is 11.6 Å². The third-order valence-electron chi connectivity index (χ3n) is 3.27. The highest BCUT2D eigenvalue weighted by atomic mass is 15.0. The lowest BCUT2D eigenvalue weighted by atomic mass is 10.1. The number of anilines is 1. The summed E-state index contributed by atoms with van der Waals surface area (Å²) in [6.45, 7) is 0.881. The minimum absolute atomic E-state index is 0.881. The van der Waals surface area contributed by atoms with E-state index >= 15 is 0 Å². The molecule has 21 heavy (non-hydrogen) atoms. The Hall–Kier alpha value is -2.62. The summed E-state index contributed by atoms with van der Waals surface area (Å²) in [5.41, 5.74) is 2.13. The summed E-state index contributed by atoms with van der Waals surface area (Å²) in [6, 6.07) is 16.3. The highest BCUT2D eigenvalue weighted by Crippen LogP contribution is 2.18. The molecule has 0 bridgehead atoms. The maximum Gasteiger partial charge on any atom is 0.126 e. The molecule has 4 heteroatoms. The van der Waals surface area contributed by atoms with Crippen molar-refractivity contribution in [3.8, 4) is 11.3 Å². The smallest absolute Gasteiger partial charge is 0.126 e. The summed E-state index contributed by atoms with van der Waals surface area (Å²) in [7, 11) is 0. The number of hydrogen-bond donors (Lipinski definition) is 2. The minimum Gasteiger partial charge on any atom is -0.370 e. The van der Waals surface area contributed by atoms with Crippen LogP contribution in [0.4, 0.5) is 5.82 Å². The molecule has 3 aromatic rings. The SMILES string of the molecule is c1ccc(-c2cccc(NCCCc3ncc[nH]3)n2)cc1. The third kappa shape index (κ3) is 3.69. The van der Waals surface area contributed by atoms with Crippen LogP contribution in [0.2, 0.25) is 0 Å². The van der Waals surface area contributed by atoms with Gasteiger partial charge in [0, 0.05) is 30.9 Å². The number of aryl methyl sites for hydroxylation is 1. The van der Waals surface area contributed by atoms with Gasteiger partial charge in [-0.1, -0.05) is 36.4 Å². The van der Waals surface area contributed by atoms with Crippen LogP contribution in [-0.2, 0) is 6.42 Å². The first-order chi connectivity index (χ1) is 10.4. The molecule has 0 atom stereocenters. The number of H-pyrrole nitrogens is 1. The van der Waals surface area contributed by atoms with Crippen LogP contribution in [0.3, 0.4) is 0 Å². The summed E-state index contributed by atoms with van der Waals surface area (Å²) in [4.78, 5) is 12.0. The Labute approximate surface area is 124 Å². The van der Waals surface area contributed by atoms with Gasteiger partial charge in [-0.2, -0.15) is 0 Å². The van der Waals surface area contributed by atoms with Crippen LogP contribution in [0.15, 0.2) is 60.9 Å². The van der Waals surface area contributed by atoms with Crippen molar-refractivity contribution in [2.45, 2.75) is 12.8 Å². The maximum atomic E-state index is 4.64. The Morgan fingerprint density at radius 2 is 1.90 bits per heavy atom. The molecule has 4 nitrogen and oxygen atoms in total. The molecule has 0 amide bonds. The van der Waals surface area contributed by atoms with Gasteiger partial charge in [0.15, 0.2) is 0 Å². The van der Waals surface area contributed by atoms with Gasteiger partial charge >= 0.3 is 0 Å². The fraction of sp³-hybridized carbons (Fsp3) is 0.176. The van der Waals surface area contributed by atoms with Crippen LogP contribution in [0, 0.1) is 0 Å². The number of benzene rings is 1. The zero-order valence-electron chi connectivity index (χ0n) is 11.8. The van der Waals surface area contributed by atoms with Crippen molar-refractivity contribution in [3.63, 3.8) is 0 Å². The zero-order valence-corrected chi connectivity index (χ0v) is 11.8. The summed E-state index contributed by atoms with van der Waals surface area (Å²) >= 11 is 0. The largest absolute Gasteiger partial charge is 0.370 e. The molecule has 2 N–H and O–H groups in total. The average molecular weight is 278 g/mol. The third-order valence-corrected chi connectivity index (χ3v) is 3.27. The first-order valence-corrected chi connectivity index (χ1v) is 7.16. The van der Waals surface area contributed by atoms with E-state index in [9.17, 15) is 0 Å². The Bertz CT molecular complexity index is 662. The average Bonchev–Trinajstić information content (AvgIpc) is 3.06. The van der Waals surface area contributed by atoms with Gasteiger partial charge in [-0.05, 0) is 18.6 Å². The molecule has 2 aromatic heterocycles. The molecule has 2 heterocycles. The molecular formula is C17H18N4. The van der Waals surface area contributed by atoms with E-state index in [2.05, 4.69) is 32.4 Å². The Kier molecular flexibility index (Phi) is 4.27. The first-order valence-electron chi connectivity index (χ1n) is 7.16. The fourth-order valence-electron chi connectivity index (χ4n) is 2.21. The predicted octanol–water partition coefficient (Wildman–Crippen LogP) is 3.52. The van der Waals surface area contributed by atoms with Crippen molar-refractivity contribution in [2.24, 2.45) is 0 Å². The number of pyridine rings is 1. The van der Waals surface area contributed by atoms with E-state index in [0.717, 1.165) is 42.3 Å². The van der Waals surface area contributed by atoms with Crippen molar-refractivity contribution >= 4 is 5.82 Å². The Morgan fingerprint density at radius 1 is 1.00 bits per heavy atom. The van der Waals surface area contributed by atoms with Gasteiger partial charge in [-0.3, -0.25) is 0 Å². The van der Waals surface area contributed by atoms with Gasteiger partial charge in [0.2, 0.25) is 0 Å². The second-order valence-corrected chi connectivity index (χ2v) is 4.84. The van der Waals surface area contributed by atoms with Crippen molar-refractivity contribution < 1.29 is 0 Å². The number of aromatic amines is 1. The number of nitrogens with one attached hydrogen (secondary N) is 2. The second kappa shape index (κ2) is 6.70. The van der Waals surface area contributed by atoms with Gasteiger partial charge in [0.25, 0.3) is 0 Å². The number of nitrogens with zero attached hydrogens (tertiary/aromatic N) is 2. The highest BCUT2D eigenvalue weighted by molar-refractivity contribution is 5.60. The first kappa shape index (κ1) is 13.4. The van der Waals surface area contributed by atoms with Crippen LogP contribution in [0.5, 0.6) is 0 Å². The molecule has 0 radical (unpaired) electrons. The molecule has 0 aliphatic rings. The number of aromatic nitrogens is 3. The lowest BCUT2D eigenvalue weighted by Gasteiger charge is -2.07. The number of rotatable bonds is 6. The van der Waals surface area contributed by atoms with Gasteiger partial charge in [-0.15, -0.1) is 0 Å². The van der Waals surface area contributed by atoms with Gasteiger partial charge in [0.05, 0.1) is 5.69 Å². The standard InChI is InChI=1S/C17H18N4/c1-2-6-14(7-3-1)15-8-4-9-17(21-15)18-11-5-10-16-19-12-13-20-16/h1-4,6-9,12-13H,5,10-11H2,(H,18,21)(H,19,20). The van der Waals surface area contributed by atoms with Crippen LogP contribution < -0.4 is 5.32 Å². The summed E-state index contributed by atoms with van der Waals surface area (Å²) in [6.07, 6.45) is 5.60. The van der Waals surface area contributed by atoms with Crippen molar-refractivity contribution in [2.75, 3.05) is 11.9 Å². The molecule has 0 fully saturated rings. The zero-order chi connectivity index (χ0) is 14.3.